The van der Waals surface area contributed by atoms with E-state index in [2.05, 4.69) is 26.1 Å². The summed E-state index contributed by atoms with van der Waals surface area (Å²) in [7, 11) is -4.37. The zero-order valence-electron chi connectivity index (χ0n) is 21.1. The Morgan fingerprint density at radius 2 is 1.92 bits per heavy atom. The van der Waals surface area contributed by atoms with E-state index in [9.17, 15) is 23.1 Å². The number of carboxylic acid groups (broad SMARTS) is 1. The number of unbranched alkanes of at least 4 members (excludes halogenated alkanes) is 1. The van der Waals surface area contributed by atoms with Crippen LogP contribution in [0.4, 0.5) is 5.95 Å². The number of fused-ring (bicyclic) bond motifs is 1. The molecule has 4 rings (SSSR count). The maximum absolute atomic E-state index is 12.7. The number of nitrogens with one attached hydrogen (secondary N) is 5. The van der Waals surface area contributed by atoms with Crippen LogP contribution in [0.2, 0.25) is 10.0 Å². The number of H-pyrrole nitrogens is 1. The molecule has 3 unspecified atom stereocenters. The summed E-state index contributed by atoms with van der Waals surface area (Å²) >= 11 is 11.9. The molecule has 1 fully saturated rings. The van der Waals surface area contributed by atoms with Crippen molar-refractivity contribution in [2.75, 3.05) is 18.4 Å². The van der Waals surface area contributed by atoms with E-state index in [1.165, 1.54) is 36.7 Å². The van der Waals surface area contributed by atoms with Gasteiger partial charge in [0.15, 0.2) is 0 Å². The van der Waals surface area contributed by atoms with Crippen LogP contribution in [0.25, 0.3) is 0 Å². The van der Waals surface area contributed by atoms with Crippen LogP contribution in [0.3, 0.4) is 0 Å². The SMILES string of the molecule is O=C(O)C(CNC(=O)C1CC(CCCCNc2nc3c([nH]2)CCCC3)ON1)NS(=O)(=O)c1c(Cl)cccc1Cl. The number of sulfonamides is 1. The van der Waals surface area contributed by atoms with Gasteiger partial charge in [-0.3, -0.25) is 14.4 Å². The maximum Gasteiger partial charge on any atom is 0.323 e. The molecule has 15 heteroatoms. The lowest BCUT2D eigenvalue weighted by atomic mass is 10.0. The van der Waals surface area contributed by atoms with Crippen LogP contribution in [0.1, 0.15) is 49.9 Å². The summed E-state index contributed by atoms with van der Waals surface area (Å²) in [6.07, 6.45) is 7.20. The molecule has 2 aliphatic rings. The number of hydrogen-bond donors (Lipinski definition) is 6. The van der Waals surface area contributed by atoms with Crippen molar-refractivity contribution in [2.24, 2.45) is 0 Å². The highest BCUT2D eigenvalue weighted by Crippen LogP contribution is 2.29. The molecule has 214 valence electrons. The molecule has 1 amide bonds. The zero-order valence-corrected chi connectivity index (χ0v) is 23.5. The van der Waals surface area contributed by atoms with Gasteiger partial charge in [-0.05, 0) is 57.1 Å². The molecule has 0 bridgehead atoms. The van der Waals surface area contributed by atoms with Gasteiger partial charge in [0.25, 0.3) is 0 Å². The van der Waals surface area contributed by atoms with Crippen LogP contribution in [0.15, 0.2) is 23.1 Å². The predicted octanol–water partition coefficient (Wildman–Crippen LogP) is 2.39. The Morgan fingerprint density at radius 3 is 2.64 bits per heavy atom. The van der Waals surface area contributed by atoms with Gasteiger partial charge >= 0.3 is 5.97 Å². The molecule has 2 aromatic rings. The first-order valence-corrected chi connectivity index (χ1v) is 15.1. The fraction of sp³-hybridized carbons (Fsp3) is 0.542. The number of aromatic amines is 1. The summed E-state index contributed by atoms with van der Waals surface area (Å²) in [5, 5.41) is 15.0. The number of nitrogens with zero attached hydrogens (tertiary/aromatic N) is 1. The molecule has 2 heterocycles. The molecule has 0 spiro atoms. The fourth-order valence-electron chi connectivity index (χ4n) is 4.61. The number of aliphatic carboxylic acids is 1. The van der Waals surface area contributed by atoms with Gasteiger partial charge in [0.1, 0.15) is 17.0 Å². The van der Waals surface area contributed by atoms with E-state index >= 15 is 0 Å². The lowest BCUT2D eigenvalue weighted by Gasteiger charge is -2.18. The highest BCUT2D eigenvalue weighted by molar-refractivity contribution is 7.89. The van der Waals surface area contributed by atoms with Gasteiger partial charge in [0, 0.05) is 25.2 Å². The summed E-state index contributed by atoms with van der Waals surface area (Å²) in [6.45, 7) is 0.280. The van der Waals surface area contributed by atoms with Crippen LogP contribution in [-0.4, -0.2) is 66.6 Å². The first-order valence-electron chi connectivity index (χ1n) is 12.8. The van der Waals surface area contributed by atoms with Crippen molar-refractivity contribution >= 4 is 51.0 Å². The van der Waals surface area contributed by atoms with Crippen molar-refractivity contribution in [3.05, 3.63) is 39.6 Å². The molecule has 39 heavy (non-hydrogen) atoms. The van der Waals surface area contributed by atoms with Gasteiger partial charge < -0.3 is 20.7 Å². The van der Waals surface area contributed by atoms with Crippen molar-refractivity contribution in [1.82, 2.24) is 25.5 Å². The highest BCUT2D eigenvalue weighted by atomic mass is 35.5. The van der Waals surface area contributed by atoms with Crippen LogP contribution < -0.4 is 20.8 Å². The number of carboxylic acids is 1. The van der Waals surface area contributed by atoms with Crippen LogP contribution in [0.5, 0.6) is 0 Å². The van der Waals surface area contributed by atoms with Crippen molar-refractivity contribution in [2.45, 2.75) is 74.4 Å². The van der Waals surface area contributed by atoms with Crippen molar-refractivity contribution in [1.29, 1.82) is 0 Å². The Labute approximate surface area is 236 Å². The number of rotatable bonds is 13. The molecular weight excluding hydrogens is 571 g/mol. The van der Waals surface area contributed by atoms with E-state index < -0.39 is 45.4 Å². The Balaban J connectivity index is 1.17. The third-order valence-corrected chi connectivity index (χ3v) is 9.08. The first-order chi connectivity index (χ1) is 18.6. The van der Waals surface area contributed by atoms with E-state index in [0.29, 0.717) is 6.42 Å². The number of halogens is 2. The monoisotopic (exact) mass is 602 g/mol. The van der Waals surface area contributed by atoms with Crippen LogP contribution >= 0.6 is 23.2 Å². The van der Waals surface area contributed by atoms with Crippen molar-refractivity contribution in [3.63, 3.8) is 0 Å². The lowest BCUT2D eigenvalue weighted by Crippen LogP contribution is -2.51. The minimum Gasteiger partial charge on any atom is -0.480 e. The number of carbonyl (C=O) groups excluding carboxylic acids is 1. The fourth-order valence-corrected chi connectivity index (χ4v) is 6.94. The first kappa shape index (κ1) is 29.6. The summed E-state index contributed by atoms with van der Waals surface area (Å²) < 4.78 is 27.5. The average molecular weight is 604 g/mol. The van der Waals surface area contributed by atoms with E-state index in [4.69, 9.17) is 28.0 Å². The minimum absolute atomic E-state index is 0.156. The van der Waals surface area contributed by atoms with Gasteiger partial charge in [-0.1, -0.05) is 29.3 Å². The van der Waals surface area contributed by atoms with Gasteiger partial charge in [-0.2, -0.15) is 10.2 Å². The molecule has 3 atom stereocenters. The normalized spacial score (nSPS) is 19.8. The van der Waals surface area contributed by atoms with Crippen molar-refractivity contribution < 1.29 is 28.0 Å². The molecule has 1 aliphatic heterocycles. The van der Waals surface area contributed by atoms with Gasteiger partial charge in [-0.25, -0.2) is 13.4 Å². The second-order valence-electron chi connectivity index (χ2n) is 9.59. The number of benzene rings is 1. The molecule has 0 saturated carbocycles. The average Bonchev–Trinajstić information content (AvgIpc) is 3.52. The maximum atomic E-state index is 12.7. The largest absolute Gasteiger partial charge is 0.480 e. The quantitative estimate of drug-likeness (QED) is 0.188. The molecule has 12 nitrogen and oxygen atoms in total. The zero-order chi connectivity index (χ0) is 28.0. The molecular formula is C24H32Cl2N6O6S. The number of anilines is 1. The van der Waals surface area contributed by atoms with Crippen LogP contribution in [0, 0.1) is 0 Å². The van der Waals surface area contributed by atoms with Gasteiger partial charge in [0.05, 0.1) is 21.8 Å². The molecule has 1 aliphatic carbocycles. The van der Waals surface area contributed by atoms with Gasteiger partial charge in [0.2, 0.25) is 21.9 Å². The third kappa shape index (κ3) is 7.83. The van der Waals surface area contributed by atoms with E-state index in [0.717, 1.165) is 50.3 Å². The van der Waals surface area contributed by atoms with Gasteiger partial charge in [-0.15, -0.1) is 0 Å². The number of carbonyl (C=O) groups is 2. The second kappa shape index (κ2) is 13.3. The highest BCUT2D eigenvalue weighted by Gasteiger charge is 2.33. The number of aromatic nitrogens is 2. The minimum atomic E-state index is -4.37. The standard InChI is InChI=1S/C24H32Cl2N6O6S/c25-15-7-5-8-16(26)21(15)39(36,37)32-20(23(34)35)13-28-22(33)19-12-14(38-31-19)6-3-4-11-27-24-29-17-9-1-2-10-18(17)30-24/h5,7-8,14,19-20,31-32H,1-4,6,9-13H2,(H,28,33)(H,34,35)(H2,27,29,30). The molecule has 6 N–H and O–H groups in total. The molecule has 1 aromatic heterocycles. The summed E-state index contributed by atoms with van der Waals surface area (Å²) in [5.74, 6) is -1.16. The Kier molecular flexibility index (Phi) is 10.1. The summed E-state index contributed by atoms with van der Waals surface area (Å²) in [4.78, 5) is 37.3. The Hall–Kier alpha value is -2.42. The van der Waals surface area contributed by atoms with E-state index in [-0.39, 0.29) is 16.1 Å². The summed E-state index contributed by atoms with van der Waals surface area (Å²) in [5.41, 5.74) is 5.07. The Morgan fingerprint density at radius 1 is 1.18 bits per heavy atom. The molecule has 1 aromatic carbocycles. The number of amides is 1. The van der Waals surface area contributed by atoms with E-state index in [1.807, 2.05) is 4.72 Å². The number of imidazole rings is 1. The lowest BCUT2D eigenvalue weighted by molar-refractivity contribution is -0.139. The smallest absolute Gasteiger partial charge is 0.323 e. The van der Waals surface area contributed by atoms with E-state index in [1.54, 1.807) is 0 Å². The molecule has 1 saturated heterocycles. The van der Waals surface area contributed by atoms with Crippen molar-refractivity contribution in [3.8, 4) is 0 Å². The van der Waals surface area contributed by atoms with Crippen LogP contribution in [-0.2, 0) is 37.3 Å². The molecule has 0 radical (unpaired) electrons. The number of aryl methyl sites for hydroxylation is 2. The second-order valence-corrected chi connectivity index (χ2v) is 12.1. The Bertz CT molecular complexity index is 1250. The third-order valence-electron chi connectivity index (χ3n) is 6.66. The number of hydrogen-bond acceptors (Lipinski definition) is 8. The summed E-state index contributed by atoms with van der Waals surface area (Å²) in [6, 6.07) is 1.78. The predicted molar refractivity (Wildman–Crippen MR) is 145 cm³/mol. The number of hydroxylamine groups is 1. The topological polar surface area (TPSA) is 175 Å².